The van der Waals surface area contributed by atoms with Gasteiger partial charge in [0, 0.05) is 5.57 Å². The molecule has 0 N–H and O–H groups in total. The highest BCUT2D eigenvalue weighted by Gasteiger charge is 2.35. The van der Waals surface area contributed by atoms with Gasteiger partial charge in [0.05, 0.1) is 5.57 Å². The third kappa shape index (κ3) is 1.98. The maximum Gasteiger partial charge on any atom is 0.340 e. The molecule has 96 valence electrons. The van der Waals surface area contributed by atoms with Crippen molar-refractivity contribution in [2.24, 2.45) is 0 Å². The number of rotatable bonds is 2. The molecule has 1 unspecified atom stereocenters. The fourth-order valence-corrected chi connectivity index (χ4v) is 2.35. The van der Waals surface area contributed by atoms with Gasteiger partial charge in [-0.25, -0.2) is 4.79 Å². The summed E-state index contributed by atoms with van der Waals surface area (Å²) in [6.07, 6.45) is -0.847. The quantitative estimate of drug-likeness (QED) is 0.781. The summed E-state index contributed by atoms with van der Waals surface area (Å²) >= 11 is 0. The topological polar surface area (TPSA) is 50.1 Å². The van der Waals surface area contributed by atoms with Crippen LogP contribution in [0.3, 0.4) is 0 Å². The summed E-state index contributed by atoms with van der Waals surface area (Å²) in [7, 11) is 0. The molecule has 0 aliphatic carbocycles. The minimum Gasteiger partial charge on any atom is -0.438 e. The van der Waals surface area contributed by atoms with Crippen LogP contribution in [0.15, 0.2) is 60.7 Å². The molecule has 2 aromatic carbocycles. The maximum atomic E-state index is 12.1. The van der Waals surface area contributed by atoms with E-state index in [2.05, 4.69) is 0 Å². The predicted octanol–water partition coefficient (Wildman–Crippen LogP) is 3.05. The number of carbonyl (C=O) groups excluding carboxylic acids is 1. The molecule has 0 spiro atoms. The normalized spacial score (nSPS) is 17.8. The Morgan fingerprint density at radius 3 is 2.00 bits per heavy atom. The van der Waals surface area contributed by atoms with Crippen LogP contribution in [0.1, 0.15) is 11.1 Å². The third-order valence-electron chi connectivity index (χ3n) is 3.23. The SMILES string of the molecule is N#CC1OC(=O)C(c2ccccc2)=C1c1ccccc1. The van der Waals surface area contributed by atoms with Gasteiger partial charge in [-0.3, -0.25) is 0 Å². The zero-order chi connectivity index (χ0) is 13.9. The number of esters is 1. The molecule has 0 fully saturated rings. The third-order valence-corrected chi connectivity index (χ3v) is 3.23. The van der Waals surface area contributed by atoms with Crippen LogP contribution in [0.25, 0.3) is 11.1 Å². The van der Waals surface area contributed by atoms with E-state index in [0.29, 0.717) is 11.1 Å². The Kier molecular flexibility index (Phi) is 3.06. The number of nitriles is 1. The highest BCUT2D eigenvalue weighted by Crippen LogP contribution is 2.36. The molecule has 0 bridgehead atoms. The summed E-state index contributed by atoms with van der Waals surface area (Å²) < 4.78 is 5.17. The van der Waals surface area contributed by atoms with Crippen molar-refractivity contribution in [3.63, 3.8) is 0 Å². The number of ether oxygens (including phenoxy) is 1. The second kappa shape index (κ2) is 5.02. The average Bonchev–Trinajstić information content (AvgIpc) is 2.85. The van der Waals surface area contributed by atoms with E-state index >= 15 is 0 Å². The number of benzene rings is 2. The van der Waals surface area contributed by atoms with Crippen molar-refractivity contribution in [2.75, 3.05) is 0 Å². The highest BCUT2D eigenvalue weighted by atomic mass is 16.5. The van der Waals surface area contributed by atoms with Crippen LogP contribution in [0, 0.1) is 11.3 Å². The summed E-state index contributed by atoms with van der Waals surface area (Å²) in [6, 6.07) is 20.7. The van der Waals surface area contributed by atoms with E-state index in [1.165, 1.54) is 0 Å². The molecule has 20 heavy (non-hydrogen) atoms. The summed E-state index contributed by atoms with van der Waals surface area (Å²) in [5.41, 5.74) is 2.73. The van der Waals surface area contributed by atoms with E-state index in [9.17, 15) is 10.1 Å². The van der Waals surface area contributed by atoms with E-state index in [4.69, 9.17) is 4.74 Å². The minimum atomic E-state index is -0.847. The zero-order valence-electron chi connectivity index (χ0n) is 10.6. The summed E-state index contributed by atoms with van der Waals surface area (Å²) in [5, 5.41) is 9.22. The Balaban J connectivity index is 2.24. The molecule has 0 radical (unpaired) electrons. The van der Waals surface area contributed by atoms with Crippen LogP contribution >= 0.6 is 0 Å². The van der Waals surface area contributed by atoms with E-state index in [0.717, 1.165) is 11.1 Å². The smallest absolute Gasteiger partial charge is 0.340 e. The van der Waals surface area contributed by atoms with Gasteiger partial charge in [-0.2, -0.15) is 5.26 Å². The van der Waals surface area contributed by atoms with Gasteiger partial charge in [-0.05, 0) is 11.1 Å². The van der Waals surface area contributed by atoms with Gasteiger partial charge in [0.25, 0.3) is 0 Å². The van der Waals surface area contributed by atoms with E-state index in [1.54, 1.807) is 0 Å². The molecule has 0 saturated carbocycles. The van der Waals surface area contributed by atoms with Crippen molar-refractivity contribution in [1.82, 2.24) is 0 Å². The van der Waals surface area contributed by atoms with Crippen LogP contribution < -0.4 is 0 Å². The fourth-order valence-electron chi connectivity index (χ4n) is 2.35. The van der Waals surface area contributed by atoms with Crippen LogP contribution in [-0.4, -0.2) is 12.1 Å². The molecule has 1 heterocycles. The Hall–Kier alpha value is -2.86. The molecule has 0 amide bonds. The number of cyclic esters (lactones) is 1. The van der Waals surface area contributed by atoms with Crippen molar-refractivity contribution < 1.29 is 9.53 Å². The molecule has 0 aromatic heterocycles. The van der Waals surface area contributed by atoms with E-state index in [1.807, 2.05) is 66.7 Å². The van der Waals surface area contributed by atoms with Gasteiger partial charge in [0.15, 0.2) is 0 Å². The second-order valence-electron chi connectivity index (χ2n) is 4.44. The van der Waals surface area contributed by atoms with Crippen LogP contribution in [0.2, 0.25) is 0 Å². The Labute approximate surface area is 116 Å². The summed E-state index contributed by atoms with van der Waals surface area (Å²) in [5.74, 6) is -0.443. The van der Waals surface area contributed by atoms with Crippen molar-refractivity contribution in [3.05, 3.63) is 71.8 Å². The summed E-state index contributed by atoms with van der Waals surface area (Å²) in [4.78, 5) is 12.1. The maximum absolute atomic E-state index is 12.1. The zero-order valence-corrected chi connectivity index (χ0v) is 10.6. The second-order valence-corrected chi connectivity index (χ2v) is 4.44. The van der Waals surface area contributed by atoms with Crippen molar-refractivity contribution in [2.45, 2.75) is 6.10 Å². The van der Waals surface area contributed by atoms with Crippen LogP contribution in [-0.2, 0) is 9.53 Å². The molecule has 3 rings (SSSR count). The molecule has 1 aliphatic rings. The van der Waals surface area contributed by atoms with Crippen molar-refractivity contribution in [1.29, 1.82) is 5.26 Å². The fraction of sp³-hybridized carbons (Fsp3) is 0.0588. The number of hydrogen-bond donors (Lipinski definition) is 0. The minimum absolute atomic E-state index is 0.443. The number of hydrogen-bond acceptors (Lipinski definition) is 3. The molecule has 3 nitrogen and oxygen atoms in total. The van der Waals surface area contributed by atoms with Gasteiger partial charge in [0.1, 0.15) is 6.07 Å². The molecular formula is C17H11NO2. The van der Waals surface area contributed by atoms with Crippen molar-refractivity contribution >= 4 is 17.1 Å². The molecule has 1 atom stereocenters. The Morgan fingerprint density at radius 1 is 0.900 bits per heavy atom. The lowest BCUT2D eigenvalue weighted by molar-refractivity contribution is -0.135. The highest BCUT2D eigenvalue weighted by molar-refractivity contribution is 6.28. The molecule has 0 saturated heterocycles. The molecular weight excluding hydrogens is 250 g/mol. The molecule has 1 aliphatic heterocycles. The summed E-state index contributed by atoms with van der Waals surface area (Å²) in [6.45, 7) is 0. The number of carbonyl (C=O) groups is 1. The van der Waals surface area contributed by atoms with Crippen LogP contribution in [0.5, 0.6) is 0 Å². The first kappa shape index (κ1) is 12.2. The van der Waals surface area contributed by atoms with E-state index in [-0.39, 0.29) is 0 Å². The lowest BCUT2D eigenvalue weighted by Crippen LogP contribution is -2.07. The van der Waals surface area contributed by atoms with Gasteiger partial charge in [-0.15, -0.1) is 0 Å². The lowest BCUT2D eigenvalue weighted by Gasteiger charge is -2.07. The standard InChI is InChI=1S/C17H11NO2/c18-11-14-15(12-7-3-1-4-8-12)16(17(19)20-14)13-9-5-2-6-10-13/h1-10,14H. The largest absolute Gasteiger partial charge is 0.438 e. The monoisotopic (exact) mass is 261 g/mol. The van der Waals surface area contributed by atoms with Gasteiger partial charge >= 0.3 is 5.97 Å². The average molecular weight is 261 g/mol. The van der Waals surface area contributed by atoms with E-state index < -0.39 is 12.1 Å². The van der Waals surface area contributed by atoms with Gasteiger partial charge in [-0.1, -0.05) is 60.7 Å². The first-order valence-corrected chi connectivity index (χ1v) is 6.27. The van der Waals surface area contributed by atoms with Crippen molar-refractivity contribution in [3.8, 4) is 6.07 Å². The first-order valence-electron chi connectivity index (χ1n) is 6.27. The number of nitrogens with zero attached hydrogens (tertiary/aromatic N) is 1. The predicted molar refractivity (Wildman–Crippen MR) is 75.2 cm³/mol. The Morgan fingerprint density at radius 2 is 1.45 bits per heavy atom. The molecule has 3 heteroatoms. The molecule has 2 aromatic rings. The van der Waals surface area contributed by atoms with Gasteiger partial charge < -0.3 is 4.74 Å². The van der Waals surface area contributed by atoms with Crippen LogP contribution in [0.4, 0.5) is 0 Å². The Bertz CT molecular complexity index is 712. The first-order chi connectivity index (χ1) is 9.81. The van der Waals surface area contributed by atoms with Gasteiger partial charge in [0.2, 0.25) is 6.10 Å². The lowest BCUT2D eigenvalue weighted by atomic mass is 9.93.